The van der Waals surface area contributed by atoms with Crippen molar-refractivity contribution >= 4 is 29.3 Å². The lowest BCUT2D eigenvalue weighted by Crippen LogP contribution is -2.06. The maximum atomic E-state index is 4.14. The Labute approximate surface area is 99.2 Å². The molecule has 82 valence electrons. The molecule has 0 bridgehead atoms. The number of nitrogens with zero attached hydrogens (tertiary/aromatic N) is 2. The Hall–Kier alpha value is -0.680. The van der Waals surface area contributed by atoms with Crippen molar-refractivity contribution in [2.45, 2.75) is 5.03 Å². The normalized spacial score (nSPS) is 9.93. The second-order valence-corrected chi connectivity index (χ2v) is 4.71. The lowest BCUT2D eigenvalue weighted by atomic mass is 10.5. The molecule has 0 unspecified atom stereocenters. The lowest BCUT2D eigenvalue weighted by molar-refractivity contribution is 1.03. The van der Waals surface area contributed by atoms with Gasteiger partial charge < -0.3 is 5.32 Å². The van der Waals surface area contributed by atoms with E-state index in [9.17, 15) is 0 Å². The summed E-state index contributed by atoms with van der Waals surface area (Å²) in [6, 6.07) is 1.96. The Bertz CT molecular complexity index is 304. The molecule has 0 saturated heterocycles. The minimum Gasteiger partial charge on any atom is -0.369 e. The third-order valence-electron chi connectivity index (χ3n) is 1.64. The molecule has 0 aromatic carbocycles. The fourth-order valence-corrected chi connectivity index (χ4v) is 1.93. The monoisotopic (exact) mass is 241 g/mol. The van der Waals surface area contributed by atoms with Crippen LogP contribution in [0.5, 0.6) is 0 Å². The van der Waals surface area contributed by atoms with Crippen LogP contribution < -0.4 is 5.32 Å². The maximum absolute atomic E-state index is 4.14. The van der Waals surface area contributed by atoms with E-state index in [0.29, 0.717) is 0 Å². The molecule has 1 aromatic heterocycles. The standard InChI is InChI=1S/C10H15N3S2/c1-3-5-15-6-4-11-9-7-10(14-2)13-8-12-9/h3,7-8H,1,4-6H2,2H3,(H,11,12,13). The summed E-state index contributed by atoms with van der Waals surface area (Å²) in [5.41, 5.74) is 0. The Balaban J connectivity index is 2.27. The van der Waals surface area contributed by atoms with Gasteiger partial charge in [-0.3, -0.25) is 0 Å². The third kappa shape index (κ3) is 5.09. The van der Waals surface area contributed by atoms with Crippen LogP contribution in [0, 0.1) is 0 Å². The highest BCUT2D eigenvalue weighted by molar-refractivity contribution is 7.99. The summed E-state index contributed by atoms with van der Waals surface area (Å²) in [4.78, 5) is 8.25. The first-order valence-corrected chi connectivity index (χ1v) is 7.03. The van der Waals surface area contributed by atoms with Gasteiger partial charge in [0.2, 0.25) is 0 Å². The molecule has 3 nitrogen and oxygen atoms in total. The van der Waals surface area contributed by atoms with E-state index < -0.39 is 0 Å². The summed E-state index contributed by atoms with van der Waals surface area (Å²) in [6.45, 7) is 4.59. The topological polar surface area (TPSA) is 37.8 Å². The van der Waals surface area contributed by atoms with Crippen molar-refractivity contribution < 1.29 is 0 Å². The van der Waals surface area contributed by atoms with Gasteiger partial charge in [-0.05, 0) is 6.26 Å². The maximum Gasteiger partial charge on any atom is 0.130 e. The summed E-state index contributed by atoms with van der Waals surface area (Å²) in [7, 11) is 0. The Morgan fingerprint density at radius 2 is 2.40 bits per heavy atom. The first-order valence-electron chi connectivity index (χ1n) is 4.65. The van der Waals surface area contributed by atoms with Crippen molar-refractivity contribution in [3.63, 3.8) is 0 Å². The molecule has 0 amide bonds. The number of rotatable bonds is 7. The average molecular weight is 241 g/mol. The predicted molar refractivity (Wildman–Crippen MR) is 69.8 cm³/mol. The average Bonchev–Trinajstić information content (AvgIpc) is 2.29. The molecule has 5 heteroatoms. The van der Waals surface area contributed by atoms with Crippen molar-refractivity contribution in [1.82, 2.24) is 9.97 Å². The molecule has 0 fully saturated rings. The summed E-state index contributed by atoms with van der Waals surface area (Å²) < 4.78 is 0. The van der Waals surface area contributed by atoms with Crippen LogP contribution in [0.25, 0.3) is 0 Å². The van der Waals surface area contributed by atoms with Gasteiger partial charge in [0.05, 0.1) is 0 Å². The van der Waals surface area contributed by atoms with Crippen LogP contribution in [0.1, 0.15) is 0 Å². The molecule has 0 spiro atoms. The lowest BCUT2D eigenvalue weighted by Gasteiger charge is -2.04. The van der Waals surface area contributed by atoms with E-state index in [1.807, 2.05) is 30.2 Å². The Morgan fingerprint density at radius 1 is 1.53 bits per heavy atom. The first kappa shape index (κ1) is 12.4. The minimum atomic E-state index is 0.897. The van der Waals surface area contributed by atoms with E-state index in [-0.39, 0.29) is 0 Å². The van der Waals surface area contributed by atoms with E-state index in [1.165, 1.54) is 0 Å². The minimum absolute atomic E-state index is 0.897. The van der Waals surface area contributed by atoms with E-state index in [1.54, 1.807) is 18.1 Å². The van der Waals surface area contributed by atoms with E-state index >= 15 is 0 Å². The van der Waals surface area contributed by atoms with Gasteiger partial charge >= 0.3 is 0 Å². The Kier molecular flexibility index (Phi) is 6.27. The molecular weight excluding hydrogens is 226 g/mol. The first-order chi connectivity index (χ1) is 7.36. The quantitative estimate of drug-likeness (QED) is 0.344. The number of nitrogens with one attached hydrogen (secondary N) is 1. The molecule has 1 heterocycles. The summed E-state index contributed by atoms with van der Waals surface area (Å²) >= 11 is 3.47. The van der Waals surface area contributed by atoms with Crippen molar-refractivity contribution in [3.05, 3.63) is 25.0 Å². The fourth-order valence-electron chi connectivity index (χ4n) is 0.966. The van der Waals surface area contributed by atoms with Crippen LogP contribution in [-0.2, 0) is 0 Å². The van der Waals surface area contributed by atoms with Gasteiger partial charge in [-0.2, -0.15) is 11.8 Å². The van der Waals surface area contributed by atoms with E-state index in [4.69, 9.17) is 0 Å². The summed E-state index contributed by atoms with van der Waals surface area (Å²) in [6.07, 6.45) is 5.51. The molecule has 0 aliphatic heterocycles. The SMILES string of the molecule is C=CCSCCNc1cc(SC)ncn1. The number of hydrogen-bond donors (Lipinski definition) is 1. The van der Waals surface area contributed by atoms with Crippen molar-refractivity contribution in [3.8, 4) is 0 Å². The fraction of sp³-hybridized carbons (Fsp3) is 0.400. The molecule has 0 saturated carbocycles. The molecule has 0 radical (unpaired) electrons. The third-order valence-corrected chi connectivity index (χ3v) is 3.25. The van der Waals surface area contributed by atoms with Crippen LogP contribution in [0.15, 0.2) is 30.1 Å². The molecular formula is C10H15N3S2. The zero-order valence-corrected chi connectivity index (χ0v) is 10.4. The van der Waals surface area contributed by atoms with Crippen LogP contribution in [0.4, 0.5) is 5.82 Å². The second kappa shape index (κ2) is 7.59. The van der Waals surface area contributed by atoms with Crippen LogP contribution >= 0.6 is 23.5 Å². The van der Waals surface area contributed by atoms with Crippen molar-refractivity contribution in [2.24, 2.45) is 0 Å². The zero-order chi connectivity index (χ0) is 10.9. The van der Waals surface area contributed by atoms with Crippen molar-refractivity contribution in [2.75, 3.05) is 29.6 Å². The van der Waals surface area contributed by atoms with Gasteiger partial charge in [-0.25, -0.2) is 9.97 Å². The second-order valence-electron chi connectivity index (χ2n) is 2.74. The van der Waals surface area contributed by atoms with Gasteiger partial charge in [0, 0.05) is 24.1 Å². The number of anilines is 1. The number of aromatic nitrogens is 2. The smallest absolute Gasteiger partial charge is 0.130 e. The highest BCUT2D eigenvalue weighted by Gasteiger charge is 1.96. The molecule has 1 N–H and O–H groups in total. The zero-order valence-electron chi connectivity index (χ0n) is 8.77. The summed E-state index contributed by atoms with van der Waals surface area (Å²) in [5, 5.41) is 4.25. The van der Waals surface area contributed by atoms with Gasteiger partial charge in [0.15, 0.2) is 0 Å². The largest absolute Gasteiger partial charge is 0.369 e. The Morgan fingerprint density at radius 3 is 3.13 bits per heavy atom. The van der Waals surface area contributed by atoms with Crippen molar-refractivity contribution in [1.29, 1.82) is 0 Å². The number of thioether (sulfide) groups is 2. The van der Waals surface area contributed by atoms with Gasteiger partial charge in [-0.1, -0.05) is 6.08 Å². The summed E-state index contributed by atoms with van der Waals surface area (Å²) in [5.74, 6) is 2.96. The molecule has 0 atom stereocenters. The van der Waals surface area contributed by atoms with E-state index in [2.05, 4.69) is 21.9 Å². The van der Waals surface area contributed by atoms with Crippen LogP contribution in [-0.4, -0.2) is 34.3 Å². The van der Waals surface area contributed by atoms with E-state index in [0.717, 1.165) is 28.9 Å². The highest BCUT2D eigenvalue weighted by atomic mass is 32.2. The predicted octanol–water partition coefficient (Wildman–Crippen LogP) is 2.53. The molecule has 15 heavy (non-hydrogen) atoms. The van der Waals surface area contributed by atoms with Crippen LogP contribution in [0.3, 0.4) is 0 Å². The van der Waals surface area contributed by atoms with Gasteiger partial charge in [0.1, 0.15) is 17.2 Å². The van der Waals surface area contributed by atoms with Gasteiger partial charge in [0.25, 0.3) is 0 Å². The highest BCUT2D eigenvalue weighted by Crippen LogP contribution is 2.13. The molecule has 0 aliphatic rings. The number of hydrogen-bond acceptors (Lipinski definition) is 5. The molecule has 1 aromatic rings. The molecule has 0 aliphatic carbocycles. The van der Waals surface area contributed by atoms with Gasteiger partial charge in [-0.15, -0.1) is 18.3 Å². The molecule has 1 rings (SSSR count). The van der Waals surface area contributed by atoms with Crippen LogP contribution in [0.2, 0.25) is 0 Å².